The Morgan fingerprint density at radius 1 is 1.25 bits per heavy atom. The molecule has 1 aromatic rings. The number of nitrogens with zero attached hydrogens (tertiary/aromatic N) is 2. The van der Waals surface area contributed by atoms with Crippen molar-refractivity contribution in [1.82, 2.24) is 9.80 Å². The van der Waals surface area contributed by atoms with Gasteiger partial charge in [-0.05, 0) is 25.1 Å². The average Bonchev–Trinajstić information content (AvgIpc) is 2.71. The van der Waals surface area contributed by atoms with E-state index in [2.05, 4.69) is 4.72 Å². The Balaban J connectivity index is 2.47. The second-order valence-corrected chi connectivity index (χ2v) is 9.91. The summed E-state index contributed by atoms with van der Waals surface area (Å²) < 4.78 is 42.3. The fourth-order valence-corrected chi connectivity index (χ4v) is 4.16. The molecule has 0 saturated heterocycles. The minimum atomic E-state index is -3.52. The first-order chi connectivity index (χ1) is 15.0. The lowest BCUT2D eigenvalue weighted by Crippen LogP contribution is -2.49. The lowest BCUT2D eigenvalue weighted by Gasteiger charge is -2.36. The van der Waals surface area contributed by atoms with E-state index in [9.17, 15) is 18.0 Å². The summed E-state index contributed by atoms with van der Waals surface area (Å²) in [5.74, 6) is -0.267. The van der Waals surface area contributed by atoms with Gasteiger partial charge in [0.2, 0.25) is 15.9 Å². The molecule has 0 aliphatic carbocycles. The van der Waals surface area contributed by atoms with Gasteiger partial charge in [-0.3, -0.25) is 14.3 Å². The van der Waals surface area contributed by atoms with Crippen LogP contribution in [0, 0.1) is 5.92 Å². The molecular formula is C21H33N3O7S. The highest BCUT2D eigenvalue weighted by molar-refractivity contribution is 7.92. The van der Waals surface area contributed by atoms with Crippen molar-refractivity contribution < 1.29 is 32.2 Å². The Hall–Kier alpha value is -2.37. The van der Waals surface area contributed by atoms with E-state index < -0.39 is 10.0 Å². The molecule has 180 valence electrons. The van der Waals surface area contributed by atoms with Crippen molar-refractivity contribution >= 4 is 27.5 Å². The van der Waals surface area contributed by atoms with Crippen molar-refractivity contribution in [3.63, 3.8) is 0 Å². The van der Waals surface area contributed by atoms with Gasteiger partial charge in [0.15, 0.2) is 0 Å². The molecule has 32 heavy (non-hydrogen) atoms. The predicted molar refractivity (Wildman–Crippen MR) is 120 cm³/mol. The Kier molecular flexibility index (Phi) is 8.88. The molecule has 0 saturated carbocycles. The fraction of sp³-hybridized carbons (Fsp3) is 0.619. The van der Waals surface area contributed by atoms with Gasteiger partial charge in [0, 0.05) is 46.0 Å². The summed E-state index contributed by atoms with van der Waals surface area (Å²) in [6.45, 7) is 4.60. The molecule has 2 amide bonds. The van der Waals surface area contributed by atoms with Crippen LogP contribution in [-0.4, -0.2) is 96.0 Å². The zero-order valence-corrected chi connectivity index (χ0v) is 20.3. The van der Waals surface area contributed by atoms with E-state index in [0.29, 0.717) is 12.3 Å². The highest BCUT2D eigenvalue weighted by atomic mass is 32.2. The summed E-state index contributed by atoms with van der Waals surface area (Å²) >= 11 is 0. The van der Waals surface area contributed by atoms with E-state index in [1.54, 1.807) is 25.1 Å². The number of nitrogens with one attached hydrogen (secondary N) is 1. The number of fused-ring (bicyclic) bond motifs is 1. The van der Waals surface area contributed by atoms with Crippen LogP contribution in [0.3, 0.4) is 0 Å². The van der Waals surface area contributed by atoms with Gasteiger partial charge in [0.1, 0.15) is 19.0 Å². The number of benzene rings is 1. The SMILES string of the molecule is COCC(=O)N1C[C@H](C)[C@@H](OC)CN(C)C(=O)c2cc(NS(C)(=O)=O)ccc2OC[C@@H]1C. The Bertz CT molecular complexity index is 922. The monoisotopic (exact) mass is 471 g/mol. The van der Waals surface area contributed by atoms with Crippen molar-refractivity contribution in [2.24, 2.45) is 5.92 Å². The van der Waals surface area contributed by atoms with Crippen LogP contribution in [-0.2, 0) is 24.3 Å². The van der Waals surface area contributed by atoms with Gasteiger partial charge in [0.25, 0.3) is 5.91 Å². The maximum Gasteiger partial charge on any atom is 0.257 e. The number of ether oxygens (including phenoxy) is 3. The summed E-state index contributed by atoms with van der Waals surface area (Å²) in [5.41, 5.74) is 0.469. The van der Waals surface area contributed by atoms with Gasteiger partial charge in [0.05, 0.1) is 24.0 Å². The summed E-state index contributed by atoms with van der Waals surface area (Å²) in [6.07, 6.45) is 0.713. The highest BCUT2D eigenvalue weighted by Gasteiger charge is 2.30. The minimum Gasteiger partial charge on any atom is -0.491 e. The van der Waals surface area contributed by atoms with Crippen LogP contribution in [0.2, 0.25) is 0 Å². The standard InChI is InChI=1S/C21H33N3O7S/c1-14-10-24(20(25)13-29-4)15(2)12-31-18-8-7-16(22-32(6,27)28)9-17(18)21(26)23(3)11-19(14)30-5/h7-9,14-15,19,22H,10-13H2,1-6H3/t14-,15-,19-/m0/s1. The first kappa shape index (κ1) is 25.9. The number of hydrogen-bond acceptors (Lipinski definition) is 7. The van der Waals surface area contributed by atoms with Crippen molar-refractivity contribution in [2.75, 3.05) is 58.5 Å². The average molecular weight is 472 g/mol. The molecule has 0 unspecified atom stereocenters. The normalized spacial score (nSPS) is 22.9. The van der Waals surface area contributed by atoms with E-state index in [4.69, 9.17) is 14.2 Å². The van der Waals surface area contributed by atoms with Crippen molar-refractivity contribution in [2.45, 2.75) is 26.0 Å². The van der Waals surface area contributed by atoms with Crippen LogP contribution < -0.4 is 9.46 Å². The lowest BCUT2D eigenvalue weighted by atomic mass is 10.0. The number of methoxy groups -OCH3 is 2. The van der Waals surface area contributed by atoms with Crippen LogP contribution in [0.5, 0.6) is 5.75 Å². The molecule has 3 atom stereocenters. The van der Waals surface area contributed by atoms with Gasteiger partial charge < -0.3 is 24.0 Å². The van der Waals surface area contributed by atoms with E-state index >= 15 is 0 Å². The fourth-order valence-electron chi connectivity index (χ4n) is 3.61. The molecule has 1 aliphatic heterocycles. The second kappa shape index (κ2) is 11.0. The number of hydrogen-bond donors (Lipinski definition) is 1. The number of sulfonamides is 1. The van der Waals surface area contributed by atoms with Crippen LogP contribution in [0.25, 0.3) is 0 Å². The Morgan fingerprint density at radius 2 is 1.94 bits per heavy atom. The smallest absolute Gasteiger partial charge is 0.257 e. The molecule has 2 rings (SSSR count). The molecule has 10 nitrogen and oxygen atoms in total. The molecule has 0 fully saturated rings. The topological polar surface area (TPSA) is 114 Å². The quantitative estimate of drug-likeness (QED) is 0.682. The molecule has 11 heteroatoms. The van der Waals surface area contributed by atoms with Crippen LogP contribution >= 0.6 is 0 Å². The number of anilines is 1. The molecule has 0 aromatic heterocycles. The zero-order valence-electron chi connectivity index (χ0n) is 19.5. The van der Waals surface area contributed by atoms with E-state index in [0.717, 1.165) is 6.26 Å². The van der Waals surface area contributed by atoms with Crippen molar-refractivity contribution in [1.29, 1.82) is 0 Å². The lowest BCUT2D eigenvalue weighted by molar-refractivity contribution is -0.139. The van der Waals surface area contributed by atoms with Crippen molar-refractivity contribution in [3.8, 4) is 5.75 Å². The van der Waals surface area contributed by atoms with Gasteiger partial charge in [-0.2, -0.15) is 0 Å². The first-order valence-corrected chi connectivity index (χ1v) is 12.2. The summed E-state index contributed by atoms with van der Waals surface area (Å²) in [7, 11) is 1.16. The molecule has 1 aliphatic rings. The minimum absolute atomic E-state index is 0.0514. The third kappa shape index (κ3) is 6.81. The number of amides is 2. The number of carbonyl (C=O) groups is 2. The van der Waals surface area contributed by atoms with Crippen LogP contribution in [0.15, 0.2) is 18.2 Å². The first-order valence-electron chi connectivity index (χ1n) is 10.3. The number of carbonyl (C=O) groups excluding carboxylic acids is 2. The van der Waals surface area contributed by atoms with Gasteiger partial charge in [-0.25, -0.2) is 8.42 Å². The van der Waals surface area contributed by atoms with Crippen LogP contribution in [0.4, 0.5) is 5.69 Å². The predicted octanol–water partition coefficient (Wildman–Crippen LogP) is 1.04. The third-order valence-electron chi connectivity index (χ3n) is 5.34. The zero-order chi connectivity index (χ0) is 24.1. The Morgan fingerprint density at radius 3 is 2.53 bits per heavy atom. The largest absolute Gasteiger partial charge is 0.491 e. The molecule has 0 radical (unpaired) electrons. The Labute approximate surface area is 189 Å². The van der Waals surface area contributed by atoms with E-state index in [-0.39, 0.29) is 60.9 Å². The number of rotatable bonds is 5. The van der Waals surface area contributed by atoms with Gasteiger partial charge >= 0.3 is 0 Å². The maximum atomic E-state index is 13.2. The van der Waals surface area contributed by atoms with E-state index in [1.807, 2.05) is 13.8 Å². The summed E-state index contributed by atoms with van der Waals surface area (Å²) in [6, 6.07) is 4.22. The molecular weight excluding hydrogens is 438 g/mol. The second-order valence-electron chi connectivity index (χ2n) is 8.16. The molecule has 1 N–H and O–H groups in total. The molecule has 0 spiro atoms. The van der Waals surface area contributed by atoms with Crippen LogP contribution in [0.1, 0.15) is 24.2 Å². The number of likely N-dealkylation sites (N-methyl/N-ethyl adjacent to an activating group) is 1. The molecule has 0 bridgehead atoms. The summed E-state index contributed by atoms with van der Waals surface area (Å²) in [5, 5.41) is 0. The van der Waals surface area contributed by atoms with Gasteiger partial charge in [-0.1, -0.05) is 6.92 Å². The molecule has 1 heterocycles. The summed E-state index contributed by atoms with van der Waals surface area (Å²) in [4.78, 5) is 29.1. The maximum absolute atomic E-state index is 13.2. The van der Waals surface area contributed by atoms with Gasteiger partial charge in [-0.15, -0.1) is 0 Å². The molecule has 1 aromatic carbocycles. The van der Waals surface area contributed by atoms with E-state index in [1.165, 1.54) is 24.1 Å². The third-order valence-corrected chi connectivity index (χ3v) is 5.94. The highest BCUT2D eigenvalue weighted by Crippen LogP contribution is 2.26. The van der Waals surface area contributed by atoms with Crippen molar-refractivity contribution in [3.05, 3.63) is 23.8 Å².